The molecule has 0 spiro atoms. The predicted octanol–water partition coefficient (Wildman–Crippen LogP) is 3.78. The molecule has 0 N–H and O–H groups in total. The zero-order chi connectivity index (χ0) is 13.8. The van der Waals surface area contributed by atoms with Crippen LogP contribution in [0.15, 0.2) is 16.2 Å². The molecule has 1 saturated carbocycles. The van der Waals surface area contributed by atoms with Gasteiger partial charge in [-0.1, -0.05) is 31.3 Å². The first-order valence-corrected chi connectivity index (χ1v) is 8.09. The molecule has 2 heterocycles. The third-order valence-corrected chi connectivity index (χ3v) is 4.48. The third kappa shape index (κ3) is 2.62. The molecule has 108 valence electrons. The van der Waals surface area contributed by atoms with Crippen molar-refractivity contribution in [3.8, 4) is 10.8 Å². The molecule has 0 bridgehead atoms. The largest absolute Gasteiger partial charge is 0.367 e. The average Bonchev–Trinajstić information content (AvgIpc) is 3.16. The normalized spacial score (nSPS) is 18.2. The molecule has 0 aliphatic heterocycles. The Morgan fingerprint density at radius 1 is 1.35 bits per heavy atom. The SMILES string of the molecule is CCCOC1(c2noc(-c3cncs3)n2)CCCCC1. The Morgan fingerprint density at radius 2 is 2.20 bits per heavy atom. The summed E-state index contributed by atoms with van der Waals surface area (Å²) < 4.78 is 11.5. The van der Waals surface area contributed by atoms with E-state index in [1.807, 2.05) is 0 Å². The highest BCUT2D eigenvalue weighted by atomic mass is 32.1. The van der Waals surface area contributed by atoms with E-state index >= 15 is 0 Å². The van der Waals surface area contributed by atoms with Gasteiger partial charge in [-0.2, -0.15) is 4.98 Å². The van der Waals surface area contributed by atoms with Gasteiger partial charge in [0.15, 0.2) is 0 Å². The highest BCUT2D eigenvalue weighted by molar-refractivity contribution is 7.13. The summed E-state index contributed by atoms with van der Waals surface area (Å²) in [5.41, 5.74) is 1.42. The lowest BCUT2D eigenvalue weighted by molar-refractivity contribution is -0.0829. The minimum Gasteiger partial charge on any atom is -0.367 e. The van der Waals surface area contributed by atoms with E-state index in [4.69, 9.17) is 9.26 Å². The van der Waals surface area contributed by atoms with Crippen LogP contribution >= 0.6 is 11.3 Å². The molecule has 5 nitrogen and oxygen atoms in total. The summed E-state index contributed by atoms with van der Waals surface area (Å²) in [5, 5.41) is 4.19. The molecule has 1 aliphatic rings. The van der Waals surface area contributed by atoms with Crippen molar-refractivity contribution in [2.45, 2.75) is 51.0 Å². The van der Waals surface area contributed by atoms with Crippen LogP contribution in [0, 0.1) is 0 Å². The summed E-state index contributed by atoms with van der Waals surface area (Å²) in [5.74, 6) is 1.25. The Bertz CT molecular complexity index is 532. The van der Waals surface area contributed by atoms with E-state index < -0.39 is 0 Å². The standard InChI is InChI=1S/C14H19N3O2S/c1-2-8-18-14(6-4-3-5-7-14)13-16-12(19-17-13)11-9-15-10-20-11/h9-10H,2-8H2,1H3. The van der Waals surface area contributed by atoms with Crippen LogP contribution < -0.4 is 0 Å². The summed E-state index contributed by atoms with van der Waals surface area (Å²) in [6, 6.07) is 0. The van der Waals surface area contributed by atoms with E-state index in [1.54, 1.807) is 11.7 Å². The van der Waals surface area contributed by atoms with E-state index in [2.05, 4.69) is 22.0 Å². The molecule has 0 radical (unpaired) electrons. The maximum absolute atomic E-state index is 6.14. The number of ether oxygens (including phenoxy) is 1. The molecule has 2 aromatic rings. The van der Waals surface area contributed by atoms with Gasteiger partial charge in [0.1, 0.15) is 10.5 Å². The van der Waals surface area contributed by atoms with Crippen molar-refractivity contribution in [1.29, 1.82) is 0 Å². The molecular weight excluding hydrogens is 274 g/mol. The van der Waals surface area contributed by atoms with Crippen molar-refractivity contribution in [1.82, 2.24) is 15.1 Å². The summed E-state index contributed by atoms with van der Waals surface area (Å²) in [6.45, 7) is 2.86. The van der Waals surface area contributed by atoms with Crippen LogP contribution in [0.1, 0.15) is 51.3 Å². The Kier molecular flexibility index (Phi) is 4.12. The van der Waals surface area contributed by atoms with Gasteiger partial charge < -0.3 is 9.26 Å². The summed E-state index contributed by atoms with van der Waals surface area (Å²) in [6.07, 6.45) is 8.30. The van der Waals surface area contributed by atoms with Crippen molar-refractivity contribution in [3.05, 3.63) is 17.5 Å². The van der Waals surface area contributed by atoms with Crippen LogP contribution in [-0.4, -0.2) is 21.7 Å². The van der Waals surface area contributed by atoms with Crippen LogP contribution in [0.4, 0.5) is 0 Å². The predicted molar refractivity (Wildman–Crippen MR) is 76.4 cm³/mol. The van der Waals surface area contributed by atoms with Gasteiger partial charge in [-0.05, 0) is 19.3 Å². The highest BCUT2D eigenvalue weighted by Gasteiger charge is 2.39. The van der Waals surface area contributed by atoms with Crippen molar-refractivity contribution in [3.63, 3.8) is 0 Å². The summed E-state index contributed by atoms with van der Waals surface area (Å²) in [7, 11) is 0. The minimum atomic E-state index is -0.347. The first-order chi connectivity index (χ1) is 9.84. The lowest BCUT2D eigenvalue weighted by Gasteiger charge is -2.34. The van der Waals surface area contributed by atoms with Crippen molar-refractivity contribution < 1.29 is 9.26 Å². The quantitative estimate of drug-likeness (QED) is 0.839. The van der Waals surface area contributed by atoms with E-state index in [1.165, 1.54) is 17.8 Å². The van der Waals surface area contributed by atoms with Crippen LogP contribution in [0.25, 0.3) is 10.8 Å². The maximum atomic E-state index is 6.14. The molecule has 3 rings (SSSR count). The van der Waals surface area contributed by atoms with Gasteiger partial charge in [0, 0.05) is 6.61 Å². The molecule has 0 amide bonds. The molecular formula is C14H19N3O2S. The van der Waals surface area contributed by atoms with Crippen LogP contribution in [-0.2, 0) is 10.3 Å². The van der Waals surface area contributed by atoms with Gasteiger partial charge in [-0.25, -0.2) is 0 Å². The van der Waals surface area contributed by atoms with Crippen LogP contribution in [0.3, 0.4) is 0 Å². The van der Waals surface area contributed by atoms with Gasteiger partial charge in [-0.15, -0.1) is 11.3 Å². The molecule has 0 unspecified atom stereocenters. The van der Waals surface area contributed by atoms with Gasteiger partial charge in [0.25, 0.3) is 5.89 Å². The lowest BCUT2D eigenvalue weighted by Crippen LogP contribution is -2.34. The topological polar surface area (TPSA) is 61.0 Å². The van der Waals surface area contributed by atoms with E-state index in [0.717, 1.165) is 43.6 Å². The van der Waals surface area contributed by atoms with E-state index in [-0.39, 0.29) is 5.60 Å². The number of rotatable bonds is 5. The molecule has 0 atom stereocenters. The Hall–Kier alpha value is -1.27. The third-order valence-electron chi connectivity index (χ3n) is 3.72. The Balaban J connectivity index is 1.87. The Labute approximate surface area is 122 Å². The number of hydrogen-bond donors (Lipinski definition) is 0. The number of nitrogens with zero attached hydrogens (tertiary/aromatic N) is 3. The van der Waals surface area contributed by atoms with Crippen LogP contribution in [0.5, 0.6) is 0 Å². The van der Waals surface area contributed by atoms with Gasteiger partial charge in [-0.3, -0.25) is 4.98 Å². The van der Waals surface area contributed by atoms with E-state index in [9.17, 15) is 0 Å². The number of hydrogen-bond acceptors (Lipinski definition) is 6. The van der Waals surface area contributed by atoms with E-state index in [0.29, 0.717) is 11.7 Å². The molecule has 20 heavy (non-hydrogen) atoms. The second-order valence-electron chi connectivity index (χ2n) is 5.19. The zero-order valence-electron chi connectivity index (χ0n) is 11.7. The smallest absolute Gasteiger partial charge is 0.269 e. The van der Waals surface area contributed by atoms with Crippen LogP contribution in [0.2, 0.25) is 0 Å². The molecule has 0 aromatic carbocycles. The fraction of sp³-hybridized carbons (Fsp3) is 0.643. The van der Waals surface area contributed by atoms with Crippen molar-refractivity contribution in [2.24, 2.45) is 0 Å². The minimum absolute atomic E-state index is 0.347. The maximum Gasteiger partial charge on any atom is 0.269 e. The zero-order valence-corrected chi connectivity index (χ0v) is 12.5. The fourth-order valence-corrected chi connectivity index (χ4v) is 3.22. The summed E-state index contributed by atoms with van der Waals surface area (Å²) >= 11 is 1.50. The fourth-order valence-electron chi connectivity index (χ4n) is 2.68. The molecule has 1 fully saturated rings. The highest BCUT2D eigenvalue weighted by Crippen LogP contribution is 2.40. The second-order valence-corrected chi connectivity index (χ2v) is 6.08. The first kappa shape index (κ1) is 13.7. The number of aromatic nitrogens is 3. The molecule has 6 heteroatoms. The van der Waals surface area contributed by atoms with Crippen molar-refractivity contribution in [2.75, 3.05) is 6.61 Å². The summed E-state index contributed by atoms with van der Waals surface area (Å²) in [4.78, 5) is 9.52. The molecule has 0 saturated heterocycles. The van der Waals surface area contributed by atoms with Crippen molar-refractivity contribution >= 4 is 11.3 Å². The molecule has 2 aromatic heterocycles. The monoisotopic (exact) mass is 293 g/mol. The van der Waals surface area contributed by atoms with Gasteiger partial charge in [0.2, 0.25) is 5.82 Å². The Morgan fingerprint density at radius 3 is 2.90 bits per heavy atom. The number of thiazole rings is 1. The van der Waals surface area contributed by atoms with Gasteiger partial charge >= 0.3 is 0 Å². The lowest BCUT2D eigenvalue weighted by atomic mass is 9.84. The molecule has 1 aliphatic carbocycles. The second kappa shape index (κ2) is 6.01. The average molecular weight is 293 g/mol. The van der Waals surface area contributed by atoms with Gasteiger partial charge in [0.05, 0.1) is 11.7 Å². The first-order valence-electron chi connectivity index (χ1n) is 7.21.